The molecule has 10 atom stereocenters. The number of nitrogens with zero attached hydrogens (tertiary/aromatic N) is 2. The first-order chi connectivity index (χ1) is 33.7. The molecule has 1 aromatic rings. The van der Waals surface area contributed by atoms with Gasteiger partial charge in [-0.3, -0.25) is 23.2 Å². The summed E-state index contributed by atoms with van der Waals surface area (Å²) >= 11 is 0. The monoisotopic (exact) mass is 1050 g/mol. The SMILES string of the molecule is CCCCC[C@@H](O)/C=C/C=C\C=C\C=C\[C@@H](O)[C@H](O)CCCC(=O)OC[C@H](COP(=O)(O)OP(=O)(O)OC[C@H]1O[C@@H](n2ccc(N)nc2=O)[C@H](O)[C@@H]1O)OC(=O)CCCCCCCCCCCCC(C)C. The molecule has 406 valence electrons. The number of nitrogens with two attached hydrogens (primary N) is 1. The van der Waals surface area contributed by atoms with E-state index in [0.29, 0.717) is 12.8 Å². The molecule has 0 aromatic carbocycles. The second kappa shape index (κ2) is 35.7. The first-order valence-corrected chi connectivity index (χ1v) is 27.8. The lowest BCUT2D eigenvalue weighted by Gasteiger charge is -2.21. The van der Waals surface area contributed by atoms with Crippen LogP contribution in [-0.2, 0) is 46.3 Å². The van der Waals surface area contributed by atoms with Crippen LogP contribution >= 0.6 is 15.6 Å². The third kappa shape index (κ3) is 29.2. The van der Waals surface area contributed by atoms with Crippen LogP contribution in [0.25, 0.3) is 0 Å². The Morgan fingerprint density at radius 1 is 0.761 bits per heavy atom. The Bertz CT molecular complexity index is 1950. The van der Waals surface area contributed by atoms with Gasteiger partial charge in [0.05, 0.1) is 31.5 Å². The number of ether oxygens (including phenoxy) is 3. The molecule has 0 saturated carbocycles. The van der Waals surface area contributed by atoms with Crippen molar-refractivity contribution in [3.8, 4) is 0 Å². The first-order valence-electron chi connectivity index (χ1n) is 24.8. The maximum atomic E-state index is 12.8. The number of rotatable bonds is 39. The van der Waals surface area contributed by atoms with Gasteiger partial charge in [0, 0.05) is 19.0 Å². The first kappa shape index (κ1) is 63.7. The van der Waals surface area contributed by atoms with Gasteiger partial charge in [0.1, 0.15) is 30.7 Å². The van der Waals surface area contributed by atoms with Gasteiger partial charge in [0.2, 0.25) is 0 Å². The third-order valence-electron chi connectivity index (χ3n) is 11.2. The highest BCUT2D eigenvalue weighted by Gasteiger charge is 2.46. The number of esters is 2. The summed E-state index contributed by atoms with van der Waals surface area (Å²) in [5, 5.41) is 51.5. The van der Waals surface area contributed by atoms with E-state index in [9.17, 15) is 58.8 Å². The summed E-state index contributed by atoms with van der Waals surface area (Å²) in [6, 6.07) is 1.23. The minimum absolute atomic E-state index is 0.0109. The van der Waals surface area contributed by atoms with Crippen LogP contribution in [0.1, 0.15) is 149 Å². The number of allylic oxidation sites excluding steroid dienone is 6. The van der Waals surface area contributed by atoms with E-state index >= 15 is 0 Å². The van der Waals surface area contributed by atoms with Crippen LogP contribution in [0.15, 0.2) is 65.7 Å². The number of hydrogen-bond acceptors (Lipinski definition) is 18. The molecule has 9 N–H and O–H groups in total. The highest BCUT2D eigenvalue weighted by molar-refractivity contribution is 7.61. The van der Waals surface area contributed by atoms with Gasteiger partial charge in [-0.15, -0.1) is 0 Å². The molecule has 1 fully saturated rings. The molecular formula is C48H81N3O18P2. The highest BCUT2D eigenvalue weighted by Crippen LogP contribution is 2.60. The number of anilines is 1. The Kier molecular flexibility index (Phi) is 32.0. The number of aliphatic hydroxyl groups is 5. The van der Waals surface area contributed by atoms with Crippen LogP contribution in [-0.4, -0.2) is 119 Å². The Morgan fingerprint density at radius 2 is 1.34 bits per heavy atom. The molecule has 21 nitrogen and oxygen atoms in total. The van der Waals surface area contributed by atoms with Gasteiger partial charge in [0.15, 0.2) is 12.3 Å². The fourth-order valence-electron chi connectivity index (χ4n) is 7.18. The number of aromatic nitrogens is 2. The number of unbranched alkanes of at least 4 members (excludes halogenated alkanes) is 11. The lowest BCUT2D eigenvalue weighted by atomic mass is 10.0. The Morgan fingerprint density at radius 3 is 1.97 bits per heavy atom. The van der Waals surface area contributed by atoms with E-state index in [2.05, 4.69) is 30.1 Å². The van der Waals surface area contributed by atoms with Crippen molar-refractivity contribution in [2.45, 2.75) is 192 Å². The average molecular weight is 1050 g/mol. The number of phosphoric acid groups is 2. The molecule has 2 rings (SSSR count). The molecule has 1 aromatic heterocycles. The Balaban J connectivity index is 1.90. The average Bonchev–Trinajstić information content (AvgIpc) is 3.58. The number of phosphoric ester groups is 2. The van der Waals surface area contributed by atoms with E-state index < -0.39 is 102 Å². The Labute approximate surface area is 418 Å². The fraction of sp³-hybridized carbons (Fsp3) is 0.708. The topological polar surface area (TPSA) is 326 Å². The van der Waals surface area contributed by atoms with Crippen LogP contribution in [0.5, 0.6) is 0 Å². The summed E-state index contributed by atoms with van der Waals surface area (Å²) in [6.45, 7) is 3.96. The Hall–Kier alpha value is -3.40. The minimum Gasteiger partial charge on any atom is -0.462 e. The smallest absolute Gasteiger partial charge is 0.462 e. The van der Waals surface area contributed by atoms with E-state index in [4.69, 9.17) is 29.0 Å². The third-order valence-corrected chi connectivity index (χ3v) is 13.8. The van der Waals surface area contributed by atoms with Gasteiger partial charge in [-0.05, 0) is 37.7 Å². The zero-order valence-corrected chi connectivity index (χ0v) is 43.3. The molecule has 0 bridgehead atoms. The van der Waals surface area contributed by atoms with Crippen LogP contribution in [0, 0.1) is 5.92 Å². The van der Waals surface area contributed by atoms with Crippen molar-refractivity contribution in [2.24, 2.45) is 5.92 Å². The summed E-state index contributed by atoms with van der Waals surface area (Å²) in [6.07, 6.45) is 18.6. The number of aliphatic hydroxyl groups excluding tert-OH is 5. The molecule has 0 amide bonds. The molecule has 2 heterocycles. The molecular weight excluding hydrogens is 968 g/mol. The van der Waals surface area contributed by atoms with Crippen LogP contribution < -0.4 is 11.4 Å². The van der Waals surface area contributed by atoms with Gasteiger partial charge in [-0.2, -0.15) is 9.29 Å². The van der Waals surface area contributed by atoms with E-state index in [-0.39, 0.29) is 31.5 Å². The van der Waals surface area contributed by atoms with Crippen LogP contribution in [0.3, 0.4) is 0 Å². The molecule has 0 spiro atoms. The van der Waals surface area contributed by atoms with E-state index in [1.165, 1.54) is 44.2 Å². The predicted molar refractivity (Wildman–Crippen MR) is 265 cm³/mol. The number of carbonyl (C=O) groups is 2. The van der Waals surface area contributed by atoms with Crippen LogP contribution in [0.2, 0.25) is 0 Å². The summed E-state index contributed by atoms with van der Waals surface area (Å²) in [5.41, 5.74) is 4.55. The summed E-state index contributed by atoms with van der Waals surface area (Å²) in [4.78, 5) is 61.9. The number of hydrogen-bond donors (Lipinski definition) is 8. The van der Waals surface area contributed by atoms with Gasteiger partial charge in [-0.1, -0.05) is 153 Å². The fourth-order valence-corrected chi connectivity index (χ4v) is 9.29. The zero-order valence-electron chi connectivity index (χ0n) is 41.5. The van der Waals surface area contributed by atoms with Crippen molar-refractivity contribution < 1.29 is 81.6 Å². The van der Waals surface area contributed by atoms with Crippen molar-refractivity contribution >= 4 is 33.4 Å². The maximum absolute atomic E-state index is 12.8. The van der Waals surface area contributed by atoms with Crippen molar-refractivity contribution in [3.63, 3.8) is 0 Å². The van der Waals surface area contributed by atoms with Gasteiger partial charge >= 0.3 is 33.3 Å². The predicted octanol–water partition coefficient (Wildman–Crippen LogP) is 6.55. The summed E-state index contributed by atoms with van der Waals surface area (Å²) < 4.78 is 56.4. The second-order valence-electron chi connectivity index (χ2n) is 18.0. The molecule has 0 aliphatic carbocycles. The van der Waals surface area contributed by atoms with Crippen molar-refractivity contribution in [2.75, 3.05) is 25.6 Å². The minimum atomic E-state index is -5.50. The normalized spacial score (nSPS) is 21.0. The largest absolute Gasteiger partial charge is 0.481 e. The van der Waals surface area contributed by atoms with Gasteiger partial charge < -0.3 is 55.3 Å². The molecule has 1 aliphatic rings. The molecule has 71 heavy (non-hydrogen) atoms. The van der Waals surface area contributed by atoms with Crippen LogP contribution in [0.4, 0.5) is 5.82 Å². The molecule has 0 radical (unpaired) electrons. The van der Waals surface area contributed by atoms with Crippen molar-refractivity contribution in [1.29, 1.82) is 0 Å². The van der Waals surface area contributed by atoms with Gasteiger partial charge in [0.25, 0.3) is 0 Å². The standard InChI is InChI=1S/C48H81N3O18P2/c1-4-5-18-25-37(52)26-20-15-12-13-16-21-27-39(53)40(54)28-23-30-43(55)64-33-38(67-44(56)29-22-17-11-9-7-6-8-10-14-19-24-36(2)3)34-65-70(60,61)69-71(62,63)66-35-41-45(57)46(58)47(68-41)51-32-31-42(49)50-48(51)59/h12-13,15-16,20-21,26-27,31-32,36-41,45-47,52-54,57-58H,4-11,14,17-19,22-25,28-30,33-35H2,1-3H3,(H,60,61)(H,62,63)(H2,49,50,59)/b15-12-,16-13+,26-20+,27-21+/t37-,38-,39-,40-,41-,45-,46-,47-/m1/s1. The maximum Gasteiger partial charge on any atom is 0.481 e. The molecule has 2 unspecified atom stereocenters. The van der Waals surface area contributed by atoms with E-state index in [1.807, 2.05) is 0 Å². The molecule has 1 saturated heterocycles. The quantitative estimate of drug-likeness (QED) is 0.0150. The number of carbonyl (C=O) groups excluding carboxylic acids is 2. The zero-order chi connectivity index (χ0) is 52.7. The molecule has 1 aliphatic heterocycles. The number of nitrogen functional groups attached to an aromatic ring is 1. The van der Waals surface area contributed by atoms with Crippen molar-refractivity contribution in [1.82, 2.24) is 9.55 Å². The van der Waals surface area contributed by atoms with E-state index in [1.54, 1.807) is 42.5 Å². The van der Waals surface area contributed by atoms with Crippen molar-refractivity contribution in [3.05, 3.63) is 71.4 Å². The lowest BCUT2D eigenvalue weighted by Crippen LogP contribution is -2.36. The van der Waals surface area contributed by atoms with E-state index in [0.717, 1.165) is 68.0 Å². The highest BCUT2D eigenvalue weighted by atomic mass is 31.3. The van der Waals surface area contributed by atoms with Gasteiger partial charge in [-0.25, -0.2) is 13.9 Å². The lowest BCUT2D eigenvalue weighted by molar-refractivity contribution is -0.161. The summed E-state index contributed by atoms with van der Waals surface area (Å²) in [7, 11) is -11.0. The summed E-state index contributed by atoms with van der Waals surface area (Å²) in [5.74, 6) is -0.923. The molecule has 23 heteroatoms. The second-order valence-corrected chi connectivity index (χ2v) is 21.1.